The minimum atomic E-state index is -0.603. The standard InChI is InChI=1S/C10H15N5OS/c1-10(5-11,12-2)6-17-9-14-13-8(16)15(9)7-3-4-7/h7,12H,3-4,6H2,1-2H3,(H,13,16). The lowest BCUT2D eigenvalue weighted by Gasteiger charge is -2.19. The molecule has 0 amide bonds. The van der Waals surface area contributed by atoms with E-state index in [0.29, 0.717) is 17.0 Å². The largest absolute Gasteiger partial charge is 0.344 e. The average Bonchev–Trinajstić information content (AvgIpc) is 3.11. The van der Waals surface area contributed by atoms with Crippen molar-refractivity contribution in [3.05, 3.63) is 10.5 Å². The van der Waals surface area contributed by atoms with Gasteiger partial charge in [0.2, 0.25) is 0 Å². The SMILES string of the molecule is CNC(C)(C#N)CSc1n[nH]c(=O)n1C1CC1. The molecular formula is C10H15N5OS. The van der Waals surface area contributed by atoms with Crippen LogP contribution in [0, 0.1) is 11.3 Å². The Kier molecular flexibility index (Phi) is 3.26. The number of nitriles is 1. The molecule has 92 valence electrons. The predicted octanol–water partition coefficient (Wildman–Crippen LogP) is 0.500. The van der Waals surface area contributed by atoms with Crippen LogP contribution in [0.3, 0.4) is 0 Å². The van der Waals surface area contributed by atoms with Gasteiger partial charge in [-0.25, -0.2) is 9.89 Å². The Morgan fingerprint density at radius 3 is 3.00 bits per heavy atom. The van der Waals surface area contributed by atoms with Gasteiger partial charge in [-0.05, 0) is 26.8 Å². The van der Waals surface area contributed by atoms with Gasteiger partial charge in [0, 0.05) is 11.8 Å². The molecule has 1 unspecified atom stereocenters. The quantitative estimate of drug-likeness (QED) is 0.746. The second-order valence-corrected chi connectivity index (χ2v) is 5.34. The minimum Gasteiger partial charge on any atom is -0.302 e. The monoisotopic (exact) mass is 253 g/mol. The number of thioether (sulfide) groups is 1. The normalized spacial score (nSPS) is 18.6. The van der Waals surface area contributed by atoms with Gasteiger partial charge in [-0.2, -0.15) is 5.26 Å². The number of hydrogen-bond acceptors (Lipinski definition) is 5. The molecule has 1 fully saturated rings. The maximum absolute atomic E-state index is 11.5. The summed E-state index contributed by atoms with van der Waals surface area (Å²) in [5.41, 5.74) is -0.758. The van der Waals surface area contributed by atoms with Gasteiger partial charge in [-0.1, -0.05) is 11.8 Å². The van der Waals surface area contributed by atoms with E-state index in [0.717, 1.165) is 12.8 Å². The van der Waals surface area contributed by atoms with E-state index in [9.17, 15) is 4.79 Å². The predicted molar refractivity (Wildman–Crippen MR) is 64.9 cm³/mol. The Bertz CT molecular complexity index is 498. The molecule has 0 saturated heterocycles. The number of aromatic amines is 1. The zero-order valence-corrected chi connectivity index (χ0v) is 10.7. The molecule has 0 radical (unpaired) electrons. The highest BCUT2D eigenvalue weighted by Gasteiger charge is 2.30. The van der Waals surface area contributed by atoms with Crippen LogP contribution in [0.15, 0.2) is 9.95 Å². The lowest BCUT2D eigenvalue weighted by Crippen LogP contribution is -2.40. The summed E-state index contributed by atoms with van der Waals surface area (Å²) >= 11 is 1.43. The molecule has 0 spiro atoms. The number of rotatable bonds is 5. The molecular weight excluding hydrogens is 238 g/mol. The fourth-order valence-corrected chi connectivity index (χ4v) is 2.52. The summed E-state index contributed by atoms with van der Waals surface area (Å²) < 4.78 is 1.69. The second kappa shape index (κ2) is 4.55. The molecule has 1 aromatic heterocycles. The molecule has 17 heavy (non-hydrogen) atoms. The van der Waals surface area contributed by atoms with E-state index in [1.165, 1.54) is 11.8 Å². The molecule has 1 heterocycles. The van der Waals surface area contributed by atoms with Crippen molar-refractivity contribution in [1.29, 1.82) is 5.26 Å². The van der Waals surface area contributed by atoms with Crippen LogP contribution in [-0.2, 0) is 0 Å². The lowest BCUT2D eigenvalue weighted by molar-refractivity contribution is 0.548. The summed E-state index contributed by atoms with van der Waals surface area (Å²) in [6.07, 6.45) is 2.07. The molecule has 1 aromatic rings. The van der Waals surface area contributed by atoms with E-state index in [1.54, 1.807) is 11.6 Å². The van der Waals surface area contributed by atoms with Crippen molar-refractivity contribution in [3.8, 4) is 6.07 Å². The maximum atomic E-state index is 11.5. The van der Waals surface area contributed by atoms with Gasteiger partial charge in [0.15, 0.2) is 5.16 Å². The Morgan fingerprint density at radius 1 is 1.76 bits per heavy atom. The molecule has 1 saturated carbocycles. The number of aromatic nitrogens is 3. The summed E-state index contributed by atoms with van der Waals surface area (Å²) in [7, 11) is 1.75. The van der Waals surface area contributed by atoms with Crippen LogP contribution >= 0.6 is 11.8 Å². The number of nitrogens with zero attached hydrogens (tertiary/aromatic N) is 3. The zero-order chi connectivity index (χ0) is 12.5. The second-order valence-electron chi connectivity index (χ2n) is 4.40. The molecule has 0 bridgehead atoms. The summed E-state index contributed by atoms with van der Waals surface area (Å²) in [6, 6.07) is 2.51. The van der Waals surface area contributed by atoms with Crippen molar-refractivity contribution in [2.75, 3.05) is 12.8 Å². The third kappa shape index (κ3) is 2.53. The topological polar surface area (TPSA) is 86.5 Å². The Morgan fingerprint density at radius 2 is 2.47 bits per heavy atom. The van der Waals surface area contributed by atoms with Gasteiger partial charge < -0.3 is 5.32 Å². The molecule has 2 rings (SSSR count). The van der Waals surface area contributed by atoms with E-state index >= 15 is 0 Å². The Hall–Kier alpha value is -1.26. The third-order valence-electron chi connectivity index (χ3n) is 2.87. The average molecular weight is 253 g/mol. The highest BCUT2D eigenvalue weighted by molar-refractivity contribution is 7.99. The zero-order valence-electron chi connectivity index (χ0n) is 9.86. The molecule has 0 aromatic carbocycles. The van der Waals surface area contributed by atoms with Crippen LogP contribution in [0.1, 0.15) is 25.8 Å². The summed E-state index contributed by atoms with van der Waals surface area (Å²) in [4.78, 5) is 11.5. The van der Waals surface area contributed by atoms with Gasteiger partial charge in [-0.15, -0.1) is 5.10 Å². The molecule has 1 aliphatic rings. The van der Waals surface area contributed by atoms with Crippen molar-refractivity contribution in [1.82, 2.24) is 20.1 Å². The molecule has 7 heteroatoms. The van der Waals surface area contributed by atoms with Crippen LogP contribution in [0.4, 0.5) is 0 Å². The Labute approximate surface area is 103 Å². The van der Waals surface area contributed by atoms with E-state index in [2.05, 4.69) is 21.6 Å². The van der Waals surface area contributed by atoms with Crippen molar-refractivity contribution in [3.63, 3.8) is 0 Å². The van der Waals surface area contributed by atoms with Crippen molar-refractivity contribution < 1.29 is 0 Å². The minimum absolute atomic E-state index is 0.155. The number of H-pyrrole nitrogens is 1. The van der Waals surface area contributed by atoms with E-state index in [4.69, 9.17) is 5.26 Å². The first-order valence-corrected chi connectivity index (χ1v) is 6.48. The van der Waals surface area contributed by atoms with Crippen molar-refractivity contribution >= 4 is 11.8 Å². The van der Waals surface area contributed by atoms with Crippen LogP contribution in [0.2, 0.25) is 0 Å². The maximum Gasteiger partial charge on any atom is 0.344 e. The van der Waals surface area contributed by atoms with Crippen molar-refractivity contribution in [2.24, 2.45) is 0 Å². The fourth-order valence-electron chi connectivity index (χ4n) is 1.42. The van der Waals surface area contributed by atoms with Gasteiger partial charge in [0.1, 0.15) is 5.54 Å². The molecule has 2 N–H and O–H groups in total. The first-order chi connectivity index (χ1) is 8.09. The van der Waals surface area contributed by atoms with E-state index in [-0.39, 0.29) is 5.69 Å². The van der Waals surface area contributed by atoms with Gasteiger partial charge in [0.05, 0.1) is 6.07 Å². The van der Waals surface area contributed by atoms with Crippen LogP contribution in [0.25, 0.3) is 0 Å². The number of nitrogens with one attached hydrogen (secondary N) is 2. The first kappa shape index (κ1) is 12.2. The van der Waals surface area contributed by atoms with Gasteiger partial charge in [-0.3, -0.25) is 4.57 Å². The molecule has 1 aliphatic carbocycles. The van der Waals surface area contributed by atoms with E-state index in [1.807, 2.05) is 6.92 Å². The Balaban J connectivity index is 2.10. The third-order valence-corrected chi connectivity index (χ3v) is 4.14. The van der Waals surface area contributed by atoms with Crippen LogP contribution in [0.5, 0.6) is 0 Å². The molecule has 1 atom stereocenters. The summed E-state index contributed by atoms with van der Waals surface area (Å²) in [5.74, 6) is 0.553. The summed E-state index contributed by atoms with van der Waals surface area (Å²) in [5, 5.41) is 19.1. The highest BCUT2D eigenvalue weighted by atomic mass is 32.2. The summed E-state index contributed by atoms with van der Waals surface area (Å²) in [6.45, 7) is 1.83. The molecule has 0 aliphatic heterocycles. The number of hydrogen-bond donors (Lipinski definition) is 2. The fraction of sp³-hybridized carbons (Fsp3) is 0.700. The molecule has 6 nitrogen and oxygen atoms in total. The first-order valence-electron chi connectivity index (χ1n) is 5.49. The van der Waals surface area contributed by atoms with Gasteiger partial charge >= 0.3 is 5.69 Å². The van der Waals surface area contributed by atoms with E-state index < -0.39 is 5.54 Å². The van der Waals surface area contributed by atoms with Crippen LogP contribution < -0.4 is 11.0 Å². The van der Waals surface area contributed by atoms with Gasteiger partial charge in [0.25, 0.3) is 0 Å². The highest BCUT2D eigenvalue weighted by Crippen LogP contribution is 2.36. The smallest absolute Gasteiger partial charge is 0.302 e. The van der Waals surface area contributed by atoms with Crippen LogP contribution in [-0.4, -0.2) is 33.1 Å². The van der Waals surface area contributed by atoms with Crippen molar-refractivity contribution in [2.45, 2.75) is 36.5 Å². The lowest BCUT2D eigenvalue weighted by atomic mass is 10.1.